The molecule has 2 aromatic carbocycles. The van der Waals surface area contributed by atoms with Crippen LogP contribution in [0.1, 0.15) is 73.6 Å². The fourth-order valence-electron chi connectivity index (χ4n) is 6.22. The maximum atomic E-state index is 13.5. The molecule has 1 saturated heterocycles. The van der Waals surface area contributed by atoms with Crippen LogP contribution in [0.4, 0.5) is 4.79 Å². The van der Waals surface area contributed by atoms with E-state index in [4.69, 9.17) is 4.74 Å². The number of aromatic amines is 1. The number of nitrogens with one attached hydrogen (secondary N) is 1. The van der Waals surface area contributed by atoms with Crippen molar-refractivity contribution >= 4 is 23.0 Å². The van der Waals surface area contributed by atoms with Gasteiger partial charge in [-0.15, -0.1) is 0 Å². The number of amides is 2. The Balaban J connectivity index is 1.40. The normalized spacial score (nSPS) is 17.8. The highest BCUT2D eigenvalue weighted by molar-refractivity contribution is 5.85. The van der Waals surface area contributed by atoms with Crippen molar-refractivity contribution in [2.45, 2.75) is 71.2 Å². The van der Waals surface area contributed by atoms with Crippen molar-refractivity contribution in [3.63, 3.8) is 0 Å². The number of carbonyl (C=O) groups is 2. The van der Waals surface area contributed by atoms with Gasteiger partial charge >= 0.3 is 6.09 Å². The molecule has 0 aliphatic carbocycles. The molecule has 2 N–H and O–H groups in total. The summed E-state index contributed by atoms with van der Waals surface area (Å²) in [7, 11) is 0. The van der Waals surface area contributed by atoms with Crippen LogP contribution in [0.5, 0.6) is 0 Å². The third-order valence-electron chi connectivity index (χ3n) is 8.35. The van der Waals surface area contributed by atoms with Gasteiger partial charge in [-0.2, -0.15) is 0 Å². The third-order valence-corrected chi connectivity index (χ3v) is 8.35. The minimum Gasteiger partial charge on any atom is -0.444 e. The summed E-state index contributed by atoms with van der Waals surface area (Å²) >= 11 is 0. The first-order valence-electron chi connectivity index (χ1n) is 14.7. The summed E-state index contributed by atoms with van der Waals surface area (Å²) in [5.74, 6) is -0.310. The van der Waals surface area contributed by atoms with Gasteiger partial charge in [-0.1, -0.05) is 36.4 Å². The van der Waals surface area contributed by atoms with E-state index < -0.39 is 11.7 Å². The summed E-state index contributed by atoms with van der Waals surface area (Å²) in [5, 5.41) is 12.0. The maximum Gasteiger partial charge on any atom is 0.410 e. The highest BCUT2D eigenvalue weighted by Gasteiger charge is 2.37. The number of pyridine rings is 1. The lowest BCUT2D eigenvalue weighted by Crippen LogP contribution is -2.40. The van der Waals surface area contributed by atoms with Gasteiger partial charge in [-0.25, -0.2) is 9.78 Å². The monoisotopic (exact) mass is 566 g/mol. The highest BCUT2D eigenvalue weighted by atomic mass is 16.6. The molecule has 1 fully saturated rings. The van der Waals surface area contributed by atoms with Crippen LogP contribution in [-0.2, 0) is 22.5 Å². The predicted molar refractivity (Wildman–Crippen MR) is 162 cm³/mol. The zero-order valence-electron chi connectivity index (χ0n) is 24.7. The number of nitrogens with zero attached hydrogens (tertiary/aromatic N) is 3. The van der Waals surface area contributed by atoms with Crippen LogP contribution in [-0.4, -0.2) is 55.6 Å². The summed E-state index contributed by atoms with van der Waals surface area (Å²) in [6.45, 7) is 9.21. The van der Waals surface area contributed by atoms with Crippen LogP contribution in [0.15, 0.2) is 60.9 Å². The van der Waals surface area contributed by atoms with Crippen LogP contribution in [0.3, 0.4) is 0 Å². The second-order valence-electron chi connectivity index (χ2n) is 12.4. The Labute approximate surface area is 246 Å². The van der Waals surface area contributed by atoms with E-state index in [0.29, 0.717) is 31.6 Å². The van der Waals surface area contributed by atoms with Crippen molar-refractivity contribution in [3.05, 3.63) is 88.7 Å². The molecule has 2 aliphatic rings. The Morgan fingerprint density at radius 2 is 1.88 bits per heavy atom. The first-order valence-corrected chi connectivity index (χ1v) is 14.7. The molecule has 4 aromatic rings. The number of aromatic nitrogens is 2. The summed E-state index contributed by atoms with van der Waals surface area (Å²) in [6, 6.07) is 15.4. The lowest BCUT2D eigenvalue weighted by Gasteiger charge is -2.35. The van der Waals surface area contributed by atoms with Crippen molar-refractivity contribution in [1.82, 2.24) is 19.8 Å². The Kier molecular flexibility index (Phi) is 7.27. The number of hydrogen-bond donors (Lipinski definition) is 2. The molecular weight excluding hydrogens is 528 g/mol. The van der Waals surface area contributed by atoms with Gasteiger partial charge < -0.3 is 24.6 Å². The van der Waals surface area contributed by atoms with Crippen LogP contribution < -0.4 is 0 Å². The molecule has 218 valence electrons. The van der Waals surface area contributed by atoms with E-state index in [9.17, 15) is 14.7 Å². The molecule has 0 spiro atoms. The number of aliphatic hydroxyl groups is 1. The third kappa shape index (κ3) is 5.39. The lowest BCUT2D eigenvalue weighted by molar-refractivity contribution is -0.141. The number of fused-ring (bicyclic) bond motifs is 2. The molecule has 2 atom stereocenters. The van der Waals surface area contributed by atoms with Gasteiger partial charge in [-0.05, 0) is 92.5 Å². The van der Waals surface area contributed by atoms with E-state index in [1.54, 1.807) is 17.0 Å². The molecule has 42 heavy (non-hydrogen) atoms. The minimum absolute atomic E-state index is 0.173. The topological polar surface area (TPSA) is 98.8 Å². The zero-order chi connectivity index (χ0) is 29.6. The first kappa shape index (κ1) is 28.0. The summed E-state index contributed by atoms with van der Waals surface area (Å²) in [5.41, 5.74) is 7.25. The van der Waals surface area contributed by atoms with Crippen LogP contribution in [0.25, 0.3) is 22.2 Å². The quantitative estimate of drug-likeness (QED) is 0.305. The van der Waals surface area contributed by atoms with Gasteiger partial charge in [0.15, 0.2) is 6.10 Å². The lowest BCUT2D eigenvalue weighted by atomic mass is 9.86. The van der Waals surface area contributed by atoms with Crippen LogP contribution >= 0.6 is 0 Å². The maximum absolute atomic E-state index is 13.5. The van der Waals surface area contributed by atoms with Crippen molar-refractivity contribution in [2.75, 3.05) is 13.1 Å². The Morgan fingerprint density at radius 1 is 1.10 bits per heavy atom. The molecular formula is C34H38N4O4. The standard InChI is InChI=1S/C34H38N4O4/c1-21-18-35-31-26(21)17-25(19-36-31)24-15-23-12-14-37(32(40)30(39)22-9-6-5-7-10-22)20-28(23)27(16-24)29-11-8-13-38(29)33(41)42-34(2,3)4/h5-7,9-10,15-19,29-30,39H,8,11-14,20H2,1-4H3,(H,35,36). The summed E-state index contributed by atoms with van der Waals surface area (Å²) in [6.07, 6.45) is 4.64. The number of aliphatic hydroxyl groups excluding tert-OH is 1. The smallest absolute Gasteiger partial charge is 0.410 e. The molecule has 2 amide bonds. The highest BCUT2D eigenvalue weighted by Crippen LogP contribution is 2.41. The second kappa shape index (κ2) is 10.9. The molecule has 0 bridgehead atoms. The van der Waals surface area contributed by atoms with E-state index in [1.807, 2.05) is 56.3 Å². The van der Waals surface area contributed by atoms with E-state index in [1.165, 1.54) is 0 Å². The van der Waals surface area contributed by atoms with Crippen LogP contribution in [0, 0.1) is 6.92 Å². The molecule has 2 aromatic heterocycles. The summed E-state index contributed by atoms with van der Waals surface area (Å²) in [4.78, 5) is 38.3. The van der Waals surface area contributed by atoms with Gasteiger partial charge in [0.25, 0.3) is 5.91 Å². The van der Waals surface area contributed by atoms with Gasteiger partial charge in [-0.3, -0.25) is 4.79 Å². The van der Waals surface area contributed by atoms with Gasteiger partial charge in [0, 0.05) is 43.0 Å². The molecule has 0 saturated carbocycles. The van der Waals surface area contributed by atoms with Gasteiger partial charge in [0.05, 0.1) is 6.04 Å². The average Bonchev–Trinajstić information content (AvgIpc) is 3.62. The van der Waals surface area contributed by atoms with Crippen molar-refractivity contribution in [2.24, 2.45) is 0 Å². The van der Waals surface area contributed by atoms with Gasteiger partial charge in [0.2, 0.25) is 0 Å². The number of carbonyl (C=O) groups excluding carboxylic acids is 2. The summed E-state index contributed by atoms with van der Waals surface area (Å²) < 4.78 is 5.80. The molecule has 0 radical (unpaired) electrons. The SMILES string of the molecule is Cc1c[nH]c2ncc(-c3cc4c(c(C5CCCN5C(=O)OC(C)(C)C)c3)CN(C(=O)C(O)c3ccccc3)CC4)cc12. The number of hydrogen-bond acceptors (Lipinski definition) is 5. The number of ether oxygens (including phenoxy) is 1. The van der Waals surface area contributed by atoms with Crippen molar-refractivity contribution in [3.8, 4) is 11.1 Å². The average molecular weight is 567 g/mol. The fourth-order valence-corrected chi connectivity index (χ4v) is 6.22. The Morgan fingerprint density at radius 3 is 2.64 bits per heavy atom. The number of aryl methyl sites for hydroxylation is 1. The first-order chi connectivity index (χ1) is 20.1. The molecule has 2 unspecified atom stereocenters. The Bertz CT molecular complexity index is 1640. The molecule has 4 heterocycles. The number of likely N-dealkylation sites (tertiary alicyclic amines) is 1. The Hall–Kier alpha value is -4.17. The largest absolute Gasteiger partial charge is 0.444 e. The zero-order valence-corrected chi connectivity index (χ0v) is 24.7. The second-order valence-corrected chi connectivity index (χ2v) is 12.4. The minimum atomic E-state index is -1.22. The van der Waals surface area contributed by atoms with E-state index >= 15 is 0 Å². The molecule has 8 heteroatoms. The number of H-pyrrole nitrogens is 1. The number of benzene rings is 2. The van der Waals surface area contributed by atoms with E-state index in [0.717, 1.165) is 57.3 Å². The fraction of sp³-hybridized carbons (Fsp3) is 0.382. The number of rotatable bonds is 4. The van der Waals surface area contributed by atoms with E-state index in [2.05, 4.69) is 35.1 Å². The van der Waals surface area contributed by atoms with Crippen molar-refractivity contribution < 1.29 is 19.4 Å². The molecule has 6 rings (SSSR count). The van der Waals surface area contributed by atoms with Crippen molar-refractivity contribution in [1.29, 1.82) is 0 Å². The predicted octanol–water partition coefficient (Wildman–Crippen LogP) is 6.23. The van der Waals surface area contributed by atoms with Gasteiger partial charge in [0.1, 0.15) is 11.2 Å². The van der Waals surface area contributed by atoms with E-state index in [-0.39, 0.29) is 18.0 Å². The molecule has 2 aliphatic heterocycles. The molecule has 8 nitrogen and oxygen atoms in total. The van der Waals surface area contributed by atoms with Crippen LogP contribution in [0.2, 0.25) is 0 Å².